The van der Waals surface area contributed by atoms with Gasteiger partial charge in [0.25, 0.3) is 5.91 Å². The SMILES string of the molecule is O=C(c1ccc2cncn2c1)N1C[C@@H](O)C[C@@H]1c1ccc(F)c(F)c1. The number of likely N-dealkylation sites (tertiary alicyclic amines) is 1. The predicted octanol–water partition coefficient (Wildman–Crippen LogP) is 2.56. The van der Waals surface area contributed by atoms with Gasteiger partial charge in [-0.15, -0.1) is 0 Å². The molecule has 1 aromatic carbocycles. The Bertz CT molecular complexity index is 956. The summed E-state index contributed by atoms with van der Waals surface area (Å²) in [5.74, 6) is -2.18. The molecule has 0 radical (unpaired) electrons. The minimum atomic E-state index is -0.967. The number of hydrogen-bond acceptors (Lipinski definition) is 3. The lowest BCUT2D eigenvalue weighted by Crippen LogP contribution is -2.32. The first kappa shape index (κ1) is 15.7. The van der Waals surface area contributed by atoms with Crippen molar-refractivity contribution in [2.75, 3.05) is 6.54 Å². The lowest BCUT2D eigenvalue weighted by atomic mass is 10.0. The van der Waals surface area contributed by atoms with Gasteiger partial charge in [-0.05, 0) is 36.2 Å². The number of aliphatic hydroxyl groups is 1. The quantitative estimate of drug-likeness (QED) is 0.778. The van der Waals surface area contributed by atoms with Crippen molar-refractivity contribution in [3.63, 3.8) is 0 Å². The summed E-state index contributed by atoms with van der Waals surface area (Å²) in [5.41, 5.74) is 1.76. The van der Waals surface area contributed by atoms with Crippen LogP contribution in [0.5, 0.6) is 0 Å². The summed E-state index contributed by atoms with van der Waals surface area (Å²) in [7, 11) is 0. The van der Waals surface area contributed by atoms with Crippen molar-refractivity contribution in [1.29, 1.82) is 0 Å². The molecule has 1 aliphatic heterocycles. The first-order valence-corrected chi connectivity index (χ1v) is 7.88. The van der Waals surface area contributed by atoms with Gasteiger partial charge in [0.2, 0.25) is 0 Å². The van der Waals surface area contributed by atoms with Crippen LogP contribution in [-0.2, 0) is 0 Å². The van der Waals surface area contributed by atoms with Crippen LogP contribution in [0.4, 0.5) is 8.78 Å². The zero-order valence-electron chi connectivity index (χ0n) is 13.1. The van der Waals surface area contributed by atoms with Gasteiger partial charge in [0.1, 0.15) is 0 Å². The summed E-state index contributed by atoms with van der Waals surface area (Å²) in [6.07, 6.45) is 4.51. The molecule has 5 nitrogen and oxygen atoms in total. The van der Waals surface area contributed by atoms with E-state index in [4.69, 9.17) is 0 Å². The van der Waals surface area contributed by atoms with Crippen LogP contribution >= 0.6 is 0 Å². The van der Waals surface area contributed by atoms with Crippen molar-refractivity contribution < 1.29 is 18.7 Å². The lowest BCUT2D eigenvalue weighted by Gasteiger charge is -2.25. The van der Waals surface area contributed by atoms with E-state index >= 15 is 0 Å². The van der Waals surface area contributed by atoms with E-state index in [1.165, 1.54) is 11.0 Å². The number of benzene rings is 1. The summed E-state index contributed by atoms with van der Waals surface area (Å²) in [4.78, 5) is 18.4. The Balaban J connectivity index is 1.68. The van der Waals surface area contributed by atoms with Gasteiger partial charge in [-0.25, -0.2) is 13.8 Å². The predicted molar refractivity (Wildman–Crippen MR) is 86.0 cm³/mol. The number of pyridine rings is 1. The van der Waals surface area contributed by atoms with Crippen LogP contribution in [-0.4, -0.2) is 37.9 Å². The maximum Gasteiger partial charge on any atom is 0.255 e. The second-order valence-corrected chi connectivity index (χ2v) is 6.18. The maximum atomic E-state index is 13.6. The smallest absolute Gasteiger partial charge is 0.255 e. The van der Waals surface area contributed by atoms with E-state index in [2.05, 4.69) is 4.98 Å². The van der Waals surface area contributed by atoms with Crippen molar-refractivity contribution in [2.45, 2.75) is 18.6 Å². The largest absolute Gasteiger partial charge is 0.391 e. The minimum absolute atomic E-state index is 0.143. The van der Waals surface area contributed by atoms with Crippen LogP contribution in [0.1, 0.15) is 28.4 Å². The van der Waals surface area contributed by atoms with Gasteiger partial charge < -0.3 is 14.4 Å². The van der Waals surface area contributed by atoms with Gasteiger partial charge in [0.05, 0.1) is 35.8 Å². The van der Waals surface area contributed by atoms with Crippen LogP contribution in [0.2, 0.25) is 0 Å². The molecule has 1 fully saturated rings. The lowest BCUT2D eigenvalue weighted by molar-refractivity contribution is 0.0715. The average Bonchev–Trinajstić information content (AvgIpc) is 3.22. The fraction of sp³-hybridized carbons (Fsp3) is 0.222. The summed E-state index contributed by atoms with van der Waals surface area (Å²) in [6, 6.07) is 6.52. The molecule has 1 aliphatic rings. The van der Waals surface area contributed by atoms with E-state index in [1.54, 1.807) is 35.3 Å². The summed E-state index contributed by atoms with van der Waals surface area (Å²) in [6.45, 7) is 0.143. The van der Waals surface area contributed by atoms with Crippen LogP contribution < -0.4 is 0 Å². The van der Waals surface area contributed by atoms with E-state index in [0.29, 0.717) is 11.1 Å². The van der Waals surface area contributed by atoms with Crippen LogP contribution in [0.15, 0.2) is 49.1 Å². The average molecular weight is 343 g/mol. The van der Waals surface area contributed by atoms with Crippen LogP contribution in [0.3, 0.4) is 0 Å². The van der Waals surface area contributed by atoms with Crippen LogP contribution in [0.25, 0.3) is 5.52 Å². The summed E-state index contributed by atoms with van der Waals surface area (Å²) in [5, 5.41) is 10.0. The molecule has 3 heterocycles. The molecule has 2 atom stereocenters. The van der Waals surface area contributed by atoms with E-state index in [9.17, 15) is 18.7 Å². The van der Waals surface area contributed by atoms with Gasteiger partial charge in [-0.1, -0.05) is 6.07 Å². The molecule has 1 N–H and O–H groups in total. The molecule has 0 aliphatic carbocycles. The number of nitrogens with zero attached hydrogens (tertiary/aromatic N) is 3. The summed E-state index contributed by atoms with van der Waals surface area (Å²) >= 11 is 0. The fourth-order valence-electron chi connectivity index (χ4n) is 3.29. The molecule has 0 unspecified atom stereocenters. The molecule has 0 saturated carbocycles. The standard InChI is InChI=1S/C18H15F2N3O2/c19-15-4-2-11(5-16(15)20)17-6-14(24)9-23(17)18(25)12-1-3-13-7-21-10-22(13)8-12/h1-5,7-8,10,14,17,24H,6,9H2/t14-,17+/m0/s1. The summed E-state index contributed by atoms with van der Waals surface area (Å²) < 4.78 is 28.5. The number of aliphatic hydroxyl groups excluding tert-OH is 1. The molecule has 1 saturated heterocycles. The number of halogens is 2. The third-order valence-corrected chi connectivity index (χ3v) is 4.52. The molecule has 1 amide bonds. The number of aromatic nitrogens is 2. The number of fused-ring (bicyclic) bond motifs is 1. The molecule has 0 spiro atoms. The normalized spacial score (nSPS) is 20.4. The Morgan fingerprint density at radius 1 is 1.20 bits per heavy atom. The highest BCUT2D eigenvalue weighted by Crippen LogP contribution is 2.34. The molecule has 4 rings (SSSR count). The third-order valence-electron chi connectivity index (χ3n) is 4.52. The number of amides is 1. The zero-order chi connectivity index (χ0) is 17.6. The number of rotatable bonds is 2. The number of carbonyl (C=O) groups is 1. The number of hydrogen-bond donors (Lipinski definition) is 1. The molecule has 7 heteroatoms. The molecule has 2 aromatic heterocycles. The van der Waals surface area contributed by atoms with Crippen molar-refractivity contribution in [2.24, 2.45) is 0 Å². The van der Waals surface area contributed by atoms with Gasteiger partial charge in [0.15, 0.2) is 11.6 Å². The zero-order valence-corrected chi connectivity index (χ0v) is 13.1. The van der Waals surface area contributed by atoms with Crippen molar-refractivity contribution >= 4 is 11.4 Å². The van der Waals surface area contributed by atoms with Gasteiger partial charge in [0, 0.05) is 12.7 Å². The highest BCUT2D eigenvalue weighted by molar-refractivity contribution is 5.94. The number of imidazole rings is 1. The molecule has 25 heavy (non-hydrogen) atoms. The molecular weight excluding hydrogens is 328 g/mol. The monoisotopic (exact) mass is 343 g/mol. The van der Waals surface area contributed by atoms with Crippen molar-refractivity contribution in [3.05, 3.63) is 71.8 Å². The fourth-order valence-corrected chi connectivity index (χ4v) is 3.29. The first-order chi connectivity index (χ1) is 12.0. The van der Waals surface area contributed by atoms with Gasteiger partial charge in [-0.3, -0.25) is 4.79 Å². The van der Waals surface area contributed by atoms with E-state index < -0.39 is 23.8 Å². The Kier molecular flexibility index (Phi) is 3.73. The Labute approximate surface area is 142 Å². The maximum absolute atomic E-state index is 13.6. The third kappa shape index (κ3) is 2.76. The van der Waals surface area contributed by atoms with Gasteiger partial charge >= 0.3 is 0 Å². The van der Waals surface area contributed by atoms with E-state index in [-0.39, 0.29) is 18.9 Å². The molecular formula is C18H15F2N3O2. The molecule has 0 bridgehead atoms. The minimum Gasteiger partial charge on any atom is -0.391 e. The molecule has 128 valence electrons. The van der Waals surface area contributed by atoms with Gasteiger partial charge in [-0.2, -0.15) is 0 Å². The Hall–Kier alpha value is -2.80. The van der Waals surface area contributed by atoms with Crippen molar-refractivity contribution in [3.8, 4) is 0 Å². The van der Waals surface area contributed by atoms with E-state index in [0.717, 1.165) is 17.6 Å². The number of carbonyl (C=O) groups excluding carboxylic acids is 1. The second kappa shape index (κ2) is 5.93. The second-order valence-electron chi connectivity index (χ2n) is 6.18. The van der Waals surface area contributed by atoms with E-state index in [1.807, 2.05) is 0 Å². The number of β-amino-alcohol motifs (C(OH)–C–C–N with tert-alkyl or cyclic N) is 1. The topological polar surface area (TPSA) is 57.8 Å². The Morgan fingerprint density at radius 2 is 2.04 bits per heavy atom. The van der Waals surface area contributed by atoms with Crippen LogP contribution in [0, 0.1) is 11.6 Å². The highest BCUT2D eigenvalue weighted by Gasteiger charge is 2.36. The first-order valence-electron chi connectivity index (χ1n) is 7.88. The van der Waals surface area contributed by atoms with Crippen molar-refractivity contribution in [1.82, 2.24) is 14.3 Å². The Morgan fingerprint density at radius 3 is 2.84 bits per heavy atom. The highest BCUT2D eigenvalue weighted by atomic mass is 19.2. The molecule has 3 aromatic rings.